The van der Waals surface area contributed by atoms with Gasteiger partial charge in [0.05, 0.1) is 16.3 Å². The lowest BCUT2D eigenvalue weighted by Gasteiger charge is -2.36. The summed E-state index contributed by atoms with van der Waals surface area (Å²) in [5.74, 6) is 1.75. The molecular weight excluding hydrogens is 571 g/mol. The molecule has 0 radical (unpaired) electrons. The van der Waals surface area contributed by atoms with Crippen molar-refractivity contribution >= 4 is 40.0 Å². The first-order valence-corrected chi connectivity index (χ1v) is 16.0. The van der Waals surface area contributed by atoms with Crippen LogP contribution in [0.4, 0.5) is 10.9 Å². The number of nitrogens with one attached hydrogen (secondary N) is 1. The third-order valence-corrected chi connectivity index (χ3v) is 9.82. The van der Waals surface area contributed by atoms with Gasteiger partial charge in [-0.3, -0.25) is 4.79 Å². The van der Waals surface area contributed by atoms with Gasteiger partial charge in [0.25, 0.3) is 0 Å². The molecule has 3 aromatic heterocycles. The number of amides is 1. The lowest BCUT2D eigenvalue weighted by atomic mass is 10.0. The molecule has 5 heterocycles. The van der Waals surface area contributed by atoms with Gasteiger partial charge in [0.2, 0.25) is 6.41 Å². The van der Waals surface area contributed by atoms with Gasteiger partial charge in [-0.15, -0.1) is 22.7 Å². The summed E-state index contributed by atoms with van der Waals surface area (Å²) in [7, 11) is 0. The molecule has 2 saturated heterocycles. The van der Waals surface area contributed by atoms with Gasteiger partial charge in [0, 0.05) is 42.2 Å². The zero-order valence-corrected chi connectivity index (χ0v) is 25.8. The van der Waals surface area contributed by atoms with Crippen molar-refractivity contribution in [2.75, 3.05) is 5.32 Å². The number of aryl methyl sites for hydroxylation is 2. The van der Waals surface area contributed by atoms with Crippen LogP contribution in [0.25, 0.3) is 10.6 Å². The number of fused-ring (bicyclic) bond motifs is 2. The van der Waals surface area contributed by atoms with E-state index in [9.17, 15) is 9.90 Å². The van der Waals surface area contributed by atoms with Gasteiger partial charge in [-0.25, -0.2) is 15.0 Å². The number of aliphatic hydroxyl groups excluding tert-OH is 1. The number of nitrogens with zero attached hydrogens (tertiary/aromatic N) is 4. The van der Waals surface area contributed by atoms with E-state index in [0.29, 0.717) is 23.9 Å². The molecule has 12 heteroatoms. The highest BCUT2D eigenvalue weighted by Crippen LogP contribution is 2.37. The topological polar surface area (TPSA) is 153 Å². The van der Waals surface area contributed by atoms with Gasteiger partial charge in [-0.1, -0.05) is 6.07 Å². The van der Waals surface area contributed by atoms with Crippen LogP contribution in [0.3, 0.4) is 0 Å². The predicted molar refractivity (Wildman–Crippen MR) is 167 cm³/mol. The average molecular weight is 610 g/mol. The number of allylic oxidation sites excluding steroid dienone is 3. The summed E-state index contributed by atoms with van der Waals surface area (Å²) in [5.41, 5.74) is 15.6. The number of aliphatic hydroxyl groups is 1. The fourth-order valence-electron chi connectivity index (χ4n) is 5.31. The van der Waals surface area contributed by atoms with E-state index in [0.717, 1.165) is 75.6 Å². The minimum atomic E-state index is -0.551. The molecular formula is C30H39N7O3S2. The van der Waals surface area contributed by atoms with Crippen molar-refractivity contribution in [2.24, 2.45) is 17.4 Å². The first-order chi connectivity index (χ1) is 20.2. The monoisotopic (exact) mass is 609 g/mol. The standard InChI is InChI=1S/C15H16N4OS2.C15H23N3O2/c1-8-4-5-12(16-6-8)19-15-18-11(7-21-15)13-9(2)17-14(22-13)10(3)20;16-14(10-1-2-10)5-6-15(17)20-13-7-11-3-4-12(8-13)18(11)9-19/h4-7,10,20H,1-3H3,(H,16,18,19);5-6,9-13H,1-4,7-8,16-17H2/b;14-5-,15-6+/t;11-,12+,13?. The first kappa shape index (κ1) is 30.0. The number of aromatic nitrogens is 3. The number of hydrogen-bond donors (Lipinski definition) is 4. The molecule has 3 fully saturated rings. The number of carbonyl (C=O) groups excluding carboxylic acids is 1. The quantitative estimate of drug-likeness (QED) is 0.144. The zero-order chi connectivity index (χ0) is 29.8. The van der Waals surface area contributed by atoms with Crippen molar-refractivity contribution in [1.29, 1.82) is 0 Å². The number of nitrogens with two attached hydrogens (primary N) is 2. The molecule has 1 amide bonds. The number of piperidine rings is 1. The summed E-state index contributed by atoms with van der Waals surface area (Å²) < 4.78 is 5.81. The normalized spacial score (nSPS) is 22.8. The van der Waals surface area contributed by atoms with Crippen molar-refractivity contribution in [1.82, 2.24) is 19.9 Å². The van der Waals surface area contributed by atoms with Crippen LogP contribution in [0.15, 0.2) is 47.4 Å². The molecule has 1 saturated carbocycles. The number of pyridine rings is 1. The summed E-state index contributed by atoms with van der Waals surface area (Å²) in [5, 5.41) is 16.3. The maximum absolute atomic E-state index is 11.0. The fraction of sp³-hybridized carbons (Fsp3) is 0.467. The molecule has 1 aliphatic carbocycles. The minimum Gasteiger partial charge on any atom is -0.476 e. The third-order valence-electron chi connectivity index (χ3n) is 7.71. The largest absolute Gasteiger partial charge is 0.476 e. The smallest absolute Gasteiger partial charge is 0.210 e. The molecule has 10 nitrogen and oxygen atoms in total. The Morgan fingerprint density at radius 2 is 1.88 bits per heavy atom. The summed E-state index contributed by atoms with van der Waals surface area (Å²) >= 11 is 3.01. The molecule has 2 unspecified atom stereocenters. The second-order valence-electron chi connectivity index (χ2n) is 11.2. The lowest BCUT2D eigenvalue weighted by Crippen LogP contribution is -2.44. The van der Waals surface area contributed by atoms with E-state index >= 15 is 0 Å². The van der Waals surface area contributed by atoms with Crippen molar-refractivity contribution < 1.29 is 14.6 Å². The Kier molecular flexibility index (Phi) is 9.44. The summed E-state index contributed by atoms with van der Waals surface area (Å²) in [6, 6.07) is 4.60. The highest BCUT2D eigenvalue weighted by Gasteiger charge is 2.40. The second kappa shape index (κ2) is 13.2. The van der Waals surface area contributed by atoms with Crippen LogP contribution in [-0.4, -0.2) is 49.6 Å². The number of anilines is 2. The Morgan fingerprint density at radius 1 is 1.14 bits per heavy atom. The first-order valence-electron chi connectivity index (χ1n) is 14.3. The second-order valence-corrected chi connectivity index (χ2v) is 13.1. The van der Waals surface area contributed by atoms with E-state index in [-0.39, 0.29) is 6.10 Å². The van der Waals surface area contributed by atoms with E-state index in [4.69, 9.17) is 16.2 Å². The van der Waals surface area contributed by atoms with Crippen LogP contribution in [0.2, 0.25) is 0 Å². The molecule has 0 aromatic carbocycles. The van der Waals surface area contributed by atoms with Crippen molar-refractivity contribution in [3.05, 3.63) is 63.7 Å². The Labute approximate surface area is 254 Å². The molecule has 2 aliphatic heterocycles. The van der Waals surface area contributed by atoms with Crippen molar-refractivity contribution in [3.8, 4) is 10.6 Å². The predicted octanol–water partition coefficient (Wildman–Crippen LogP) is 5.28. The highest BCUT2D eigenvalue weighted by atomic mass is 32.1. The fourth-order valence-corrected chi connectivity index (χ4v) is 7.06. The number of hydrogen-bond acceptors (Lipinski definition) is 11. The van der Waals surface area contributed by atoms with Gasteiger partial charge in [-0.2, -0.15) is 0 Å². The number of thiazole rings is 2. The van der Waals surface area contributed by atoms with Crippen LogP contribution >= 0.6 is 22.7 Å². The average Bonchev–Trinajstić information content (AvgIpc) is 3.51. The molecule has 6 rings (SSSR count). The Balaban J connectivity index is 0.000000169. The molecule has 4 atom stereocenters. The van der Waals surface area contributed by atoms with Crippen LogP contribution < -0.4 is 16.8 Å². The molecule has 42 heavy (non-hydrogen) atoms. The van der Waals surface area contributed by atoms with E-state index in [1.54, 1.807) is 13.0 Å². The van der Waals surface area contributed by atoms with Crippen molar-refractivity contribution in [2.45, 2.75) is 83.6 Å². The summed E-state index contributed by atoms with van der Waals surface area (Å²) in [6.07, 6.45) is 12.3. The Morgan fingerprint density at radius 3 is 2.48 bits per heavy atom. The van der Waals surface area contributed by atoms with E-state index in [1.807, 2.05) is 48.5 Å². The van der Waals surface area contributed by atoms with Gasteiger partial charge in [-0.05, 0) is 76.2 Å². The number of rotatable bonds is 9. The lowest BCUT2D eigenvalue weighted by molar-refractivity contribution is -0.124. The van der Waals surface area contributed by atoms with Crippen molar-refractivity contribution in [3.63, 3.8) is 0 Å². The van der Waals surface area contributed by atoms with Crippen LogP contribution in [0, 0.1) is 19.8 Å². The van der Waals surface area contributed by atoms with Gasteiger partial charge < -0.3 is 31.5 Å². The van der Waals surface area contributed by atoms with Gasteiger partial charge in [0.1, 0.15) is 23.0 Å². The van der Waals surface area contributed by atoms with Gasteiger partial charge >= 0.3 is 0 Å². The molecule has 2 bridgehead atoms. The van der Waals surface area contributed by atoms with Gasteiger partial charge in [0.15, 0.2) is 11.0 Å². The molecule has 224 valence electrons. The summed E-state index contributed by atoms with van der Waals surface area (Å²) in [6.45, 7) is 5.66. The summed E-state index contributed by atoms with van der Waals surface area (Å²) in [4.78, 5) is 27.3. The number of ether oxygens (including phenoxy) is 1. The van der Waals surface area contributed by atoms with Crippen LogP contribution in [0.5, 0.6) is 0 Å². The molecule has 0 spiro atoms. The zero-order valence-electron chi connectivity index (χ0n) is 24.2. The molecule has 3 aromatic rings. The number of carbonyl (C=O) groups is 1. The minimum absolute atomic E-state index is 0.121. The third kappa shape index (κ3) is 7.47. The SMILES string of the molecule is Cc1ccc(Nc2nc(-c3sc(C(C)O)nc3C)cs2)nc1.N/C(=C\C=C(/N)OC1C[C@H]2CC[C@@H](C1)N2C=O)C1CC1. The van der Waals surface area contributed by atoms with Crippen LogP contribution in [-0.2, 0) is 9.53 Å². The van der Waals surface area contributed by atoms with E-state index in [2.05, 4.69) is 20.3 Å². The molecule has 3 aliphatic rings. The van der Waals surface area contributed by atoms with E-state index in [1.165, 1.54) is 35.5 Å². The molecule has 6 N–H and O–H groups in total. The highest BCUT2D eigenvalue weighted by molar-refractivity contribution is 7.17. The Hall–Kier alpha value is -3.48. The van der Waals surface area contributed by atoms with Crippen LogP contribution in [0.1, 0.15) is 67.8 Å². The maximum Gasteiger partial charge on any atom is 0.210 e. The Bertz CT molecular complexity index is 1410. The van der Waals surface area contributed by atoms with E-state index < -0.39 is 6.10 Å². The maximum atomic E-state index is 11.0.